The molecule has 0 radical (unpaired) electrons. The maximum absolute atomic E-state index is 14.3. The van der Waals surface area contributed by atoms with Crippen LogP contribution >= 0.6 is 0 Å². The third-order valence-electron chi connectivity index (χ3n) is 10.2. The van der Waals surface area contributed by atoms with Crippen molar-refractivity contribution in [2.45, 2.75) is 25.7 Å². The number of ether oxygens (including phenoxy) is 3. The number of nitrogens with zero attached hydrogens (tertiary/aromatic N) is 1. The van der Waals surface area contributed by atoms with Crippen LogP contribution in [0.25, 0.3) is 12.2 Å². The molecule has 0 bridgehead atoms. The number of carbonyl (C=O) groups is 4. The molecule has 1 aliphatic heterocycles. The third-order valence-corrected chi connectivity index (χ3v) is 10.2. The van der Waals surface area contributed by atoms with Crippen molar-refractivity contribution >= 4 is 41.2 Å². The number of allylic oxidation sites excluding steroid dienone is 6. The maximum atomic E-state index is 14.3. The first kappa shape index (κ1) is 31.9. The zero-order valence-corrected chi connectivity index (χ0v) is 27.6. The molecule has 3 aromatic rings. The van der Waals surface area contributed by atoms with Crippen molar-refractivity contribution in [2.75, 3.05) is 26.2 Å². The Balaban J connectivity index is 1.21. The topological polar surface area (TPSA) is 119 Å². The number of carbonyl (C=O) groups excluding carboxylic acids is 4. The highest BCUT2D eigenvalue weighted by Gasteiger charge is 2.56. The zero-order chi connectivity index (χ0) is 34.6. The molecule has 1 N–H and O–H groups in total. The van der Waals surface area contributed by atoms with Gasteiger partial charge >= 0.3 is 0 Å². The van der Waals surface area contributed by atoms with Gasteiger partial charge in [-0.2, -0.15) is 0 Å². The molecule has 1 heterocycles. The number of anilines is 1. The number of imide groups is 1. The molecule has 3 aliphatic carbocycles. The quantitative estimate of drug-likeness (QED) is 0.138. The van der Waals surface area contributed by atoms with Gasteiger partial charge in [0.05, 0.1) is 38.9 Å². The summed E-state index contributed by atoms with van der Waals surface area (Å²) in [7, 11) is 4.69. The Hall–Kier alpha value is -5.70. The van der Waals surface area contributed by atoms with Crippen LogP contribution in [0.1, 0.15) is 42.4 Å². The second-order valence-corrected chi connectivity index (χ2v) is 12.7. The van der Waals surface area contributed by atoms with Crippen LogP contribution in [0.15, 0.2) is 95.1 Å². The largest absolute Gasteiger partial charge is 0.507 e. The number of amides is 2. The van der Waals surface area contributed by atoms with E-state index in [-0.39, 0.29) is 35.6 Å². The minimum absolute atomic E-state index is 0.0817. The smallest absolute Gasteiger partial charge is 0.238 e. The minimum atomic E-state index is -0.744. The van der Waals surface area contributed by atoms with E-state index in [4.69, 9.17) is 14.2 Å². The molecule has 3 aromatic carbocycles. The third kappa shape index (κ3) is 5.26. The molecule has 1 saturated heterocycles. The van der Waals surface area contributed by atoms with Gasteiger partial charge < -0.3 is 19.3 Å². The molecule has 0 spiro atoms. The highest BCUT2D eigenvalue weighted by atomic mass is 16.5. The van der Waals surface area contributed by atoms with E-state index in [9.17, 15) is 24.3 Å². The number of Topliss-reactive ketones (excluding diaryl/α,β-unsaturated/α-hetero) is 1. The van der Waals surface area contributed by atoms with Gasteiger partial charge in [-0.3, -0.25) is 24.1 Å². The van der Waals surface area contributed by atoms with Crippen LogP contribution in [0.4, 0.5) is 5.69 Å². The highest BCUT2D eigenvalue weighted by Crippen LogP contribution is 2.56. The lowest BCUT2D eigenvalue weighted by Gasteiger charge is -2.42. The SMILES string of the molecule is COc1ccc([C@H]2C3=CC[C@@H]4C(=O)N(c5ccc(C=Cc6cc(OC)ccc6OC)cc5)C(=O)[C@@H]4[C@@H]3CC3=C2C(=O)C(C)=CC3=O)c(O)c1. The number of rotatable bonds is 7. The van der Waals surface area contributed by atoms with E-state index in [1.807, 2.05) is 48.6 Å². The predicted octanol–water partition coefficient (Wildman–Crippen LogP) is 6.22. The van der Waals surface area contributed by atoms with E-state index in [2.05, 4.69) is 0 Å². The zero-order valence-electron chi connectivity index (χ0n) is 27.6. The fourth-order valence-electron chi connectivity index (χ4n) is 7.76. The van der Waals surface area contributed by atoms with Crippen LogP contribution in [0.3, 0.4) is 0 Å². The Kier molecular flexibility index (Phi) is 8.06. The number of methoxy groups -OCH3 is 3. The Morgan fingerprint density at radius 3 is 2.22 bits per heavy atom. The molecule has 4 atom stereocenters. The van der Waals surface area contributed by atoms with Gasteiger partial charge in [0.15, 0.2) is 11.6 Å². The first-order valence-corrected chi connectivity index (χ1v) is 16.1. The van der Waals surface area contributed by atoms with Gasteiger partial charge in [-0.1, -0.05) is 42.0 Å². The molecular weight excluding hydrogens is 622 g/mol. The van der Waals surface area contributed by atoms with Gasteiger partial charge in [0.25, 0.3) is 0 Å². The van der Waals surface area contributed by atoms with E-state index in [1.54, 1.807) is 45.4 Å². The number of hydrogen-bond acceptors (Lipinski definition) is 8. The number of phenolic OH excluding ortho intramolecular Hbond substituents is 1. The lowest BCUT2D eigenvalue weighted by atomic mass is 9.59. The lowest BCUT2D eigenvalue weighted by Crippen LogP contribution is -2.39. The number of ketones is 2. The maximum Gasteiger partial charge on any atom is 0.238 e. The van der Waals surface area contributed by atoms with Crippen molar-refractivity contribution in [3.63, 3.8) is 0 Å². The van der Waals surface area contributed by atoms with Gasteiger partial charge in [-0.15, -0.1) is 0 Å². The molecule has 0 saturated carbocycles. The van der Waals surface area contributed by atoms with Crippen LogP contribution in [-0.2, 0) is 19.2 Å². The first-order chi connectivity index (χ1) is 23.6. The van der Waals surface area contributed by atoms with E-state index >= 15 is 0 Å². The summed E-state index contributed by atoms with van der Waals surface area (Å²) in [6, 6.07) is 17.6. The highest BCUT2D eigenvalue weighted by molar-refractivity contribution is 6.25. The van der Waals surface area contributed by atoms with Gasteiger partial charge in [-0.25, -0.2) is 0 Å². The first-order valence-electron chi connectivity index (χ1n) is 16.1. The molecule has 2 amide bonds. The molecule has 248 valence electrons. The Morgan fingerprint density at radius 2 is 1.53 bits per heavy atom. The molecule has 0 aromatic heterocycles. The Bertz CT molecular complexity index is 2050. The summed E-state index contributed by atoms with van der Waals surface area (Å²) < 4.78 is 16.1. The molecule has 1 fully saturated rings. The van der Waals surface area contributed by atoms with Crippen molar-refractivity contribution in [1.82, 2.24) is 0 Å². The second kappa shape index (κ2) is 12.4. The van der Waals surface area contributed by atoms with Gasteiger partial charge in [0.1, 0.15) is 23.0 Å². The summed E-state index contributed by atoms with van der Waals surface area (Å²) >= 11 is 0. The lowest BCUT2D eigenvalue weighted by molar-refractivity contribution is -0.123. The standard InChI is InChI=1S/C40H35NO8/c1-21-17-32(42)31-20-30-27(35(37(31)38(21)44)28-13-11-26(48-3)19-33(28)43)14-15-29-36(30)40(46)41(39(29)45)24-9-6-22(7-10-24)5-8-23-18-25(47-2)12-16-34(23)49-4/h5-14,16-19,29-30,35-36,43H,15,20H2,1-4H3/t29-,30+,35+,36-/m0/s1. The average molecular weight is 658 g/mol. The molecule has 7 rings (SSSR count). The second-order valence-electron chi connectivity index (χ2n) is 12.7. The van der Waals surface area contributed by atoms with E-state index in [0.29, 0.717) is 51.6 Å². The molecule has 49 heavy (non-hydrogen) atoms. The summed E-state index contributed by atoms with van der Waals surface area (Å²) in [6.45, 7) is 1.61. The van der Waals surface area contributed by atoms with Gasteiger partial charge in [0.2, 0.25) is 11.8 Å². The van der Waals surface area contributed by atoms with Gasteiger partial charge in [0, 0.05) is 39.8 Å². The van der Waals surface area contributed by atoms with Gasteiger partial charge in [-0.05, 0) is 73.7 Å². The van der Waals surface area contributed by atoms with Crippen LogP contribution < -0.4 is 19.1 Å². The number of aromatic hydroxyl groups is 1. The number of benzene rings is 3. The van der Waals surface area contributed by atoms with Crippen molar-refractivity contribution in [3.8, 4) is 23.0 Å². The molecule has 4 aliphatic rings. The van der Waals surface area contributed by atoms with E-state index in [0.717, 1.165) is 16.7 Å². The summed E-state index contributed by atoms with van der Waals surface area (Å²) in [5, 5.41) is 11.1. The van der Waals surface area contributed by atoms with Crippen LogP contribution in [0.5, 0.6) is 23.0 Å². The normalized spacial score (nSPS) is 23.2. The molecule has 0 unspecified atom stereocenters. The van der Waals surface area contributed by atoms with Crippen LogP contribution in [0.2, 0.25) is 0 Å². The van der Waals surface area contributed by atoms with Crippen molar-refractivity contribution < 1.29 is 38.5 Å². The summed E-state index contributed by atoms with van der Waals surface area (Å²) in [4.78, 5) is 56.5. The number of hydrogen-bond donors (Lipinski definition) is 1. The Labute approximate surface area is 283 Å². The molecule has 9 heteroatoms. The fourth-order valence-corrected chi connectivity index (χ4v) is 7.76. The van der Waals surface area contributed by atoms with E-state index < -0.39 is 23.7 Å². The van der Waals surface area contributed by atoms with Crippen LogP contribution in [0, 0.1) is 17.8 Å². The summed E-state index contributed by atoms with van der Waals surface area (Å²) in [5.74, 6) is -2.00. The van der Waals surface area contributed by atoms with Crippen LogP contribution in [-0.4, -0.2) is 49.8 Å². The summed E-state index contributed by atoms with van der Waals surface area (Å²) in [5.41, 5.74) is 4.36. The minimum Gasteiger partial charge on any atom is -0.507 e. The number of fused-ring (bicyclic) bond motifs is 3. The number of phenols is 1. The van der Waals surface area contributed by atoms with Crippen molar-refractivity contribution in [1.29, 1.82) is 0 Å². The average Bonchev–Trinajstić information content (AvgIpc) is 3.37. The summed E-state index contributed by atoms with van der Waals surface area (Å²) in [6.07, 6.45) is 7.55. The molecular formula is C40H35NO8. The fraction of sp³-hybridized carbons (Fsp3) is 0.250. The molecule has 9 nitrogen and oxygen atoms in total. The van der Waals surface area contributed by atoms with E-state index in [1.165, 1.54) is 24.2 Å². The Morgan fingerprint density at radius 1 is 0.816 bits per heavy atom. The van der Waals surface area contributed by atoms with Crippen molar-refractivity contribution in [2.24, 2.45) is 17.8 Å². The predicted molar refractivity (Wildman–Crippen MR) is 183 cm³/mol. The monoisotopic (exact) mass is 657 g/mol. The van der Waals surface area contributed by atoms with Crippen molar-refractivity contribution in [3.05, 3.63) is 112 Å².